The van der Waals surface area contributed by atoms with Crippen molar-refractivity contribution in [2.75, 3.05) is 18.0 Å². The first kappa shape index (κ1) is 13.3. The number of hydrogen-bond acceptors (Lipinski definition) is 3. The predicted molar refractivity (Wildman–Crippen MR) is 80.1 cm³/mol. The zero-order valence-corrected chi connectivity index (χ0v) is 12.0. The molecular weight excluding hydrogens is 242 g/mol. The molecule has 3 nitrogen and oxygen atoms in total. The van der Waals surface area contributed by atoms with E-state index in [-0.39, 0.29) is 0 Å². The number of rotatable bonds is 4. The van der Waals surface area contributed by atoms with Crippen LogP contribution in [-0.2, 0) is 0 Å². The number of hydrogen-bond donors (Lipinski definition) is 1. The lowest BCUT2D eigenvalue weighted by atomic mass is 10.0. The van der Waals surface area contributed by atoms with E-state index in [9.17, 15) is 0 Å². The van der Waals surface area contributed by atoms with Crippen LogP contribution < -0.4 is 10.6 Å². The Morgan fingerprint density at radius 3 is 3.06 bits per heavy atom. The van der Waals surface area contributed by atoms with Crippen molar-refractivity contribution >= 4 is 23.0 Å². The minimum absolute atomic E-state index is 0.453. The van der Waals surface area contributed by atoms with E-state index in [2.05, 4.69) is 16.8 Å². The fourth-order valence-electron chi connectivity index (χ4n) is 2.76. The van der Waals surface area contributed by atoms with E-state index in [1.807, 2.05) is 19.2 Å². The fourth-order valence-corrected chi connectivity index (χ4v) is 3.01. The Morgan fingerprint density at radius 1 is 1.61 bits per heavy atom. The molecule has 2 rings (SSSR count). The Morgan fingerprint density at radius 2 is 2.39 bits per heavy atom. The Balaban J connectivity index is 2.24. The quantitative estimate of drug-likeness (QED) is 0.848. The molecule has 1 saturated heterocycles. The van der Waals surface area contributed by atoms with Gasteiger partial charge in [-0.05, 0) is 37.3 Å². The summed E-state index contributed by atoms with van der Waals surface area (Å²) < 4.78 is 0. The zero-order valence-electron chi connectivity index (χ0n) is 11.1. The first-order valence-electron chi connectivity index (χ1n) is 6.63. The van der Waals surface area contributed by atoms with Crippen LogP contribution in [0.3, 0.4) is 0 Å². The van der Waals surface area contributed by atoms with Crippen LogP contribution in [0.1, 0.15) is 37.3 Å². The van der Waals surface area contributed by atoms with Crippen LogP contribution >= 0.6 is 12.2 Å². The summed E-state index contributed by atoms with van der Waals surface area (Å²) in [5.41, 5.74) is 7.91. The van der Waals surface area contributed by atoms with Gasteiger partial charge in [0.15, 0.2) is 0 Å². The lowest BCUT2D eigenvalue weighted by Crippen LogP contribution is -2.25. The van der Waals surface area contributed by atoms with E-state index in [0.717, 1.165) is 36.0 Å². The van der Waals surface area contributed by atoms with Gasteiger partial charge in [0.25, 0.3) is 0 Å². The van der Waals surface area contributed by atoms with E-state index < -0.39 is 0 Å². The largest absolute Gasteiger partial charge is 0.389 e. The van der Waals surface area contributed by atoms with E-state index in [0.29, 0.717) is 4.99 Å². The van der Waals surface area contributed by atoms with E-state index in [4.69, 9.17) is 18.0 Å². The molecule has 98 valence electrons. The van der Waals surface area contributed by atoms with Crippen molar-refractivity contribution < 1.29 is 0 Å². The molecule has 1 atom stereocenters. The normalized spacial score (nSPS) is 19.2. The van der Waals surface area contributed by atoms with Crippen LogP contribution in [0.25, 0.3) is 0 Å². The lowest BCUT2D eigenvalue weighted by molar-refractivity contribution is 0.529. The van der Waals surface area contributed by atoms with Gasteiger partial charge in [0.1, 0.15) is 10.8 Å². The van der Waals surface area contributed by atoms with Crippen LogP contribution in [0.5, 0.6) is 0 Å². The minimum Gasteiger partial charge on any atom is -0.389 e. The first-order valence-corrected chi connectivity index (χ1v) is 7.04. The van der Waals surface area contributed by atoms with Crippen molar-refractivity contribution in [3.8, 4) is 0 Å². The molecule has 1 aliphatic heterocycles. The highest BCUT2D eigenvalue weighted by Crippen LogP contribution is 2.28. The maximum atomic E-state index is 5.84. The van der Waals surface area contributed by atoms with Crippen molar-refractivity contribution in [3.63, 3.8) is 0 Å². The Kier molecular flexibility index (Phi) is 4.17. The molecule has 0 aromatic carbocycles. The van der Waals surface area contributed by atoms with Crippen LogP contribution in [0.15, 0.2) is 12.3 Å². The minimum atomic E-state index is 0.453. The van der Waals surface area contributed by atoms with Crippen molar-refractivity contribution in [2.24, 2.45) is 11.7 Å². The number of pyridine rings is 1. The Bertz CT molecular complexity index is 445. The SMILES string of the molecule is CCCC1CCN(c2nccc(C)c2C(N)=S)C1. The van der Waals surface area contributed by atoms with Gasteiger partial charge in [0, 0.05) is 19.3 Å². The highest BCUT2D eigenvalue weighted by molar-refractivity contribution is 7.80. The van der Waals surface area contributed by atoms with Gasteiger partial charge < -0.3 is 10.6 Å². The second kappa shape index (κ2) is 5.65. The van der Waals surface area contributed by atoms with Gasteiger partial charge >= 0.3 is 0 Å². The van der Waals surface area contributed by atoms with Crippen molar-refractivity contribution in [3.05, 3.63) is 23.4 Å². The molecule has 1 aromatic heterocycles. The summed E-state index contributed by atoms with van der Waals surface area (Å²) in [6.45, 7) is 6.43. The summed E-state index contributed by atoms with van der Waals surface area (Å²) in [4.78, 5) is 7.28. The van der Waals surface area contributed by atoms with E-state index in [1.165, 1.54) is 19.3 Å². The molecule has 2 N–H and O–H groups in total. The third-order valence-corrected chi connectivity index (χ3v) is 3.87. The van der Waals surface area contributed by atoms with Crippen LogP contribution in [0.2, 0.25) is 0 Å². The standard InChI is InChI=1S/C14H21N3S/c1-3-4-11-6-8-17(9-11)14-12(13(15)18)10(2)5-7-16-14/h5,7,11H,3-4,6,8-9H2,1-2H3,(H2,15,18). The van der Waals surface area contributed by atoms with Crippen LogP contribution in [-0.4, -0.2) is 23.1 Å². The van der Waals surface area contributed by atoms with E-state index in [1.54, 1.807) is 0 Å². The maximum absolute atomic E-state index is 5.84. The first-order chi connectivity index (χ1) is 8.63. The smallest absolute Gasteiger partial charge is 0.139 e. The van der Waals surface area contributed by atoms with Gasteiger partial charge in [0.2, 0.25) is 0 Å². The van der Waals surface area contributed by atoms with Gasteiger partial charge in [-0.2, -0.15) is 0 Å². The van der Waals surface area contributed by atoms with Crippen molar-refractivity contribution in [1.29, 1.82) is 0 Å². The summed E-state index contributed by atoms with van der Waals surface area (Å²) in [5, 5.41) is 0. The van der Waals surface area contributed by atoms with Gasteiger partial charge in [-0.3, -0.25) is 0 Å². The molecule has 1 aliphatic rings. The second-order valence-corrected chi connectivity index (χ2v) is 5.52. The van der Waals surface area contributed by atoms with Gasteiger partial charge in [-0.15, -0.1) is 0 Å². The molecule has 1 fully saturated rings. The average molecular weight is 263 g/mol. The molecule has 0 saturated carbocycles. The predicted octanol–water partition coefficient (Wildman–Crippen LogP) is 2.65. The molecule has 1 unspecified atom stereocenters. The lowest BCUT2D eigenvalue weighted by Gasteiger charge is -2.21. The summed E-state index contributed by atoms with van der Waals surface area (Å²) in [7, 11) is 0. The summed E-state index contributed by atoms with van der Waals surface area (Å²) in [6, 6.07) is 1.97. The highest BCUT2D eigenvalue weighted by Gasteiger charge is 2.25. The Labute approximate surface area is 114 Å². The summed E-state index contributed by atoms with van der Waals surface area (Å²) in [5.74, 6) is 1.76. The molecule has 2 heterocycles. The molecule has 0 bridgehead atoms. The highest BCUT2D eigenvalue weighted by atomic mass is 32.1. The number of aromatic nitrogens is 1. The number of thiocarbonyl (C=S) groups is 1. The summed E-state index contributed by atoms with van der Waals surface area (Å²) in [6.07, 6.45) is 5.65. The zero-order chi connectivity index (χ0) is 13.1. The molecule has 4 heteroatoms. The fraction of sp³-hybridized carbons (Fsp3) is 0.571. The van der Waals surface area contributed by atoms with Gasteiger partial charge in [-0.1, -0.05) is 25.6 Å². The van der Waals surface area contributed by atoms with Gasteiger partial charge in [0.05, 0.1) is 5.56 Å². The molecular formula is C14H21N3S. The number of aryl methyl sites for hydroxylation is 1. The monoisotopic (exact) mass is 263 g/mol. The summed E-state index contributed by atoms with van der Waals surface area (Å²) >= 11 is 5.16. The number of anilines is 1. The molecule has 0 spiro atoms. The third-order valence-electron chi connectivity index (χ3n) is 3.67. The molecule has 0 radical (unpaired) electrons. The average Bonchev–Trinajstić information content (AvgIpc) is 2.77. The Hall–Kier alpha value is -1.16. The topological polar surface area (TPSA) is 42.2 Å². The van der Waals surface area contributed by atoms with Gasteiger partial charge in [-0.25, -0.2) is 4.98 Å². The molecule has 18 heavy (non-hydrogen) atoms. The van der Waals surface area contributed by atoms with Crippen molar-refractivity contribution in [1.82, 2.24) is 4.98 Å². The molecule has 0 amide bonds. The number of nitrogens with zero attached hydrogens (tertiary/aromatic N) is 2. The molecule has 0 aliphatic carbocycles. The van der Waals surface area contributed by atoms with Crippen molar-refractivity contribution in [2.45, 2.75) is 33.1 Å². The molecule has 1 aromatic rings. The third kappa shape index (κ3) is 2.64. The number of nitrogens with two attached hydrogens (primary N) is 1. The van der Waals surface area contributed by atoms with E-state index >= 15 is 0 Å². The van der Waals surface area contributed by atoms with Crippen LogP contribution in [0.4, 0.5) is 5.82 Å². The van der Waals surface area contributed by atoms with Crippen LogP contribution in [0, 0.1) is 12.8 Å². The maximum Gasteiger partial charge on any atom is 0.139 e. The second-order valence-electron chi connectivity index (χ2n) is 5.08.